The van der Waals surface area contributed by atoms with Gasteiger partial charge in [-0.3, -0.25) is 4.79 Å². The Hall–Kier alpha value is -2.46. The van der Waals surface area contributed by atoms with Crippen LogP contribution in [0.1, 0.15) is 31.9 Å². The molecule has 0 aromatic heterocycles. The first-order valence-corrected chi connectivity index (χ1v) is 8.10. The maximum atomic E-state index is 12.5. The Morgan fingerprint density at radius 3 is 2.24 bits per heavy atom. The third kappa shape index (κ3) is 3.97. The van der Waals surface area contributed by atoms with Crippen LogP contribution in [0.2, 0.25) is 0 Å². The number of benzene rings is 1. The molecule has 1 N–H and O–H groups in total. The first-order valence-electron chi connectivity index (χ1n) is 8.10. The van der Waals surface area contributed by atoms with E-state index in [1.807, 2.05) is 13.8 Å². The highest BCUT2D eigenvalue weighted by Crippen LogP contribution is 2.39. The van der Waals surface area contributed by atoms with E-state index in [9.17, 15) is 10.1 Å². The zero-order valence-electron chi connectivity index (χ0n) is 15.2. The van der Waals surface area contributed by atoms with Gasteiger partial charge in [0.25, 0.3) is 5.91 Å². The van der Waals surface area contributed by atoms with Gasteiger partial charge in [-0.25, -0.2) is 0 Å². The van der Waals surface area contributed by atoms with Crippen molar-refractivity contribution in [1.29, 1.82) is 5.26 Å². The number of carbonyl (C=O) groups excluding carboxylic acids is 1. The molecule has 1 aromatic rings. The van der Waals surface area contributed by atoms with Gasteiger partial charge in [0, 0.05) is 0 Å². The van der Waals surface area contributed by atoms with Gasteiger partial charge in [0.2, 0.25) is 5.75 Å². The van der Waals surface area contributed by atoms with Crippen LogP contribution in [-0.2, 0) is 9.53 Å². The van der Waals surface area contributed by atoms with Crippen molar-refractivity contribution in [3.05, 3.63) is 17.7 Å². The molecule has 0 bridgehead atoms. The minimum absolute atomic E-state index is 0.0347. The first kappa shape index (κ1) is 18.9. The van der Waals surface area contributed by atoms with Crippen molar-refractivity contribution in [2.45, 2.75) is 38.5 Å². The van der Waals surface area contributed by atoms with Crippen molar-refractivity contribution in [2.24, 2.45) is 5.92 Å². The predicted octanol–water partition coefficient (Wildman–Crippen LogP) is 2.21. The quantitative estimate of drug-likeness (QED) is 0.848. The molecule has 1 aromatic carbocycles. The Labute approximate surface area is 147 Å². The van der Waals surface area contributed by atoms with Crippen molar-refractivity contribution >= 4 is 5.91 Å². The molecule has 25 heavy (non-hydrogen) atoms. The summed E-state index contributed by atoms with van der Waals surface area (Å²) < 4.78 is 21.5. The molecule has 1 heterocycles. The average molecular weight is 348 g/mol. The lowest BCUT2D eigenvalue weighted by Crippen LogP contribution is -2.39. The summed E-state index contributed by atoms with van der Waals surface area (Å²) in [7, 11) is 4.50. The lowest BCUT2D eigenvalue weighted by Gasteiger charge is -2.20. The third-order valence-corrected chi connectivity index (χ3v) is 4.29. The van der Waals surface area contributed by atoms with Gasteiger partial charge in [0.15, 0.2) is 11.5 Å². The van der Waals surface area contributed by atoms with Crippen LogP contribution >= 0.6 is 0 Å². The second-order valence-electron chi connectivity index (χ2n) is 6.11. The molecule has 0 radical (unpaired) electrons. The Kier molecular flexibility index (Phi) is 6.10. The molecule has 1 saturated heterocycles. The summed E-state index contributed by atoms with van der Waals surface area (Å²) in [6.07, 6.45) is 0.305. The number of hydrogen-bond acceptors (Lipinski definition) is 6. The van der Waals surface area contributed by atoms with Gasteiger partial charge in [0.05, 0.1) is 33.5 Å². The molecule has 7 heteroatoms. The van der Waals surface area contributed by atoms with E-state index in [1.165, 1.54) is 21.3 Å². The van der Waals surface area contributed by atoms with Crippen molar-refractivity contribution in [3.8, 4) is 23.3 Å². The van der Waals surface area contributed by atoms with Crippen LogP contribution in [0.3, 0.4) is 0 Å². The lowest BCUT2D eigenvalue weighted by atomic mass is 10.0. The molecule has 1 fully saturated rings. The van der Waals surface area contributed by atoms with E-state index < -0.39 is 12.1 Å². The summed E-state index contributed by atoms with van der Waals surface area (Å²) in [6.45, 7) is 3.90. The number of hydrogen-bond donors (Lipinski definition) is 1. The molecule has 0 aliphatic carbocycles. The van der Waals surface area contributed by atoms with Crippen molar-refractivity contribution in [2.75, 3.05) is 21.3 Å². The van der Waals surface area contributed by atoms with Crippen LogP contribution in [0.5, 0.6) is 17.2 Å². The SMILES string of the molecule is COc1cc([C@H](C#N)NC(=O)[C@@H]2O[C@H](C)C[C@H]2C)cc(OC)c1OC. The Morgan fingerprint density at radius 1 is 1.24 bits per heavy atom. The van der Waals surface area contributed by atoms with E-state index in [2.05, 4.69) is 11.4 Å². The molecular weight excluding hydrogens is 324 g/mol. The molecule has 1 aliphatic rings. The van der Waals surface area contributed by atoms with Gasteiger partial charge in [-0.2, -0.15) is 5.26 Å². The zero-order chi connectivity index (χ0) is 18.6. The van der Waals surface area contributed by atoms with Gasteiger partial charge in [0.1, 0.15) is 12.1 Å². The second-order valence-corrected chi connectivity index (χ2v) is 6.11. The van der Waals surface area contributed by atoms with Gasteiger partial charge >= 0.3 is 0 Å². The number of nitrogens with one attached hydrogen (secondary N) is 1. The van der Waals surface area contributed by atoms with Crippen LogP contribution in [-0.4, -0.2) is 39.4 Å². The average Bonchev–Trinajstić information content (AvgIpc) is 2.96. The topological polar surface area (TPSA) is 89.8 Å². The summed E-state index contributed by atoms with van der Waals surface area (Å²) in [4.78, 5) is 12.5. The van der Waals surface area contributed by atoms with E-state index in [0.717, 1.165) is 6.42 Å². The fourth-order valence-electron chi connectivity index (χ4n) is 3.09. The van der Waals surface area contributed by atoms with E-state index >= 15 is 0 Å². The van der Waals surface area contributed by atoms with Gasteiger partial charge in [-0.05, 0) is 37.0 Å². The number of nitriles is 1. The van der Waals surface area contributed by atoms with Crippen molar-refractivity contribution in [1.82, 2.24) is 5.32 Å². The number of amides is 1. The number of ether oxygens (including phenoxy) is 4. The highest BCUT2D eigenvalue weighted by molar-refractivity contribution is 5.82. The highest BCUT2D eigenvalue weighted by Gasteiger charge is 2.36. The molecule has 4 atom stereocenters. The van der Waals surface area contributed by atoms with Gasteiger partial charge < -0.3 is 24.3 Å². The minimum Gasteiger partial charge on any atom is -0.493 e. The van der Waals surface area contributed by atoms with Crippen LogP contribution < -0.4 is 19.5 Å². The molecule has 7 nitrogen and oxygen atoms in total. The smallest absolute Gasteiger partial charge is 0.250 e. The molecule has 0 saturated carbocycles. The molecular formula is C18H24N2O5. The second kappa shape index (κ2) is 8.08. The van der Waals surface area contributed by atoms with Crippen molar-refractivity contribution in [3.63, 3.8) is 0 Å². The number of carbonyl (C=O) groups is 1. The fourth-order valence-corrected chi connectivity index (χ4v) is 3.09. The highest BCUT2D eigenvalue weighted by atomic mass is 16.5. The summed E-state index contributed by atoms with van der Waals surface area (Å²) >= 11 is 0. The minimum atomic E-state index is -0.854. The standard InChI is InChI=1S/C18H24N2O5/c1-10-6-11(2)25-16(10)18(21)20-13(9-19)12-7-14(22-3)17(24-5)15(8-12)23-4/h7-8,10-11,13,16H,6H2,1-5H3,(H,20,21)/t10-,11-,13+,16-/m1/s1. The summed E-state index contributed by atoms with van der Waals surface area (Å²) in [5.41, 5.74) is 0.545. The molecule has 2 rings (SSSR count). The van der Waals surface area contributed by atoms with Crippen LogP contribution in [0.4, 0.5) is 0 Å². The summed E-state index contributed by atoms with van der Waals surface area (Å²) in [5.74, 6) is 1.08. The van der Waals surface area contributed by atoms with Gasteiger partial charge in [-0.1, -0.05) is 6.92 Å². The number of methoxy groups -OCH3 is 3. The first-order chi connectivity index (χ1) is 11.9. The molecule has 1 amide bonds. The van der Waals surface area contributed by atoms with E-state index in [0.29, 0.717) is 22.8 Å². The van der Waals surface area contributed by atoms with Crippen molar-refractivity contribution < 1.29 is 23.7 Å². The largest absolute Gasteiger partial charge is 0.493 e. The summed E-state index contributed by atoms with van der Waals surface area (Å²) in [6, 6.07) is 4.55. The molecule has 136 valence electrons. The lowest BCUT2D eigenvalue weighted by molar-refractivity contribution is -0.133. The number of rotatable bonds is 6. The number of nitrogens with zero attached hydrogens (tertiary/aromatic N) is 1. The maximum absolute atomic E-state index is 12.5. The summed E-state index contributed by atoms with van der Waals surface area (Å²) in [5, 5.41) is 12.3. The Morgan fingerprint density at radius 2 is 1.84 bits per heavy atom. The van der Waals surface area contributed by atoms with Crippen LogP contribution in [0, 0.1) is 17.2 Å². The zero-order valence-corrected chi connectivity index (χ0v) is 15.2. The van der Waals surface area contributed by atoms with E-state index in [1.54, 1.807) is 12.1 Å². The predicted molar refractivity (Wildman–Crippen MR) is 90.7 cm³/mol. The Balaban J connectivity index is 2.26. The van der Waals surface area contributed by atoms with Crippen LogP contribution in [0.15, 0.2) is 12.1 Å². The van der Waals surface area contributed by atoms with Crippen LogP contribution in [0.25, 0.3) is 0 Å². The monoisotopic (exact) mass is 348 g/mol. The fraction of sp³-hybridized carbons (Fsp3) is 0.556. The maximum Gasteiger partial charge on any atom is 0.250 e. The molecule has 0 unspecified atom stereocenters. The van der Waals surface area contributed by atoms with Gasteiger partial charge in [-0.15, -0.1) is 0 Å². The normalized spacial score (nSPS) is 23.4. The molecule has 1 aliphatic heterocycles. The van der Waals surface area contributed by atoms with E-state index in [-0.39, 0.29) is 17.9 Å². The molecule has 0 spiro atoms. The van der Waals surface area contributed by atoms with E-state index in [4.69, 9.17) is 18.9 Å². The Bertz CT molecular complexity index is 645. The third-order valence-electron chi connectivity index (χ3n) is 4.29.